The number of nitrogens with zero attached hydrogens (tertiary/aromatic N) is 1. The predicted molar refractivity (Wildman–Crippen MR) is 34.7 cm³/mol. The van der Waals surface area contributed by atoms with E-state index < -0.39 is 0 Å². The van der Waals surface area contributed by atoms with Crippen molar-refractivity contribution < 1.29 is 0 Å². The average Bonchev–Trinajstić information content (AvgIpc) is 1.55. The molecule has 0 aromatic heterocycles. The van der Waals surface area contributed by atoms with Crippen LogP contribution in [0.25, 0.3) is 0 Å². The molecule has 1 heterocycles. The van der Waals surface area contributed by atoms with Crippen LogP contribution in [0, 0.1) is 0 Å². The molecule has 2 nitrogen and oxygen atoms in total. The molecule has 1 atom stereocenters. The van der Waals surface area contributed by atoms with E-state index >= 15 is 0 Å². The fourth-order valence-electron chi connectivity index (χ4n) is 0.972. The van der Waals surface area contributed by atoms with Crippen LogP contribution in [0.5, 0.6) is 0 Å². The molecule has 0 bridgehead atoms. The van der Waals surface area contributed by atoms with Crippen molar-refractivity contribution in [3.63, 3.8) is 0 Å². The Morgan fingerprint density at radius 3 is 2.38 bits per heavy atom. The third-order valence-electron chi connectivity index (χ3n) is 1.49. The van der Waals surface area contributed by atoms with E-state index in [1.54, 1.807) is 0 Å². The summed E-state index contributed by atoms with van der Waals surface area (Å²) in [6.07, 6.45) is 1.37. The summed E-state index contributed by atoms with van der Waals surface area (Å²) in [5.41, 5.74) is 5.56. The lowest BCUT2D eigenvalue weighted by atomic mass is 10.2. The summed E-state index contributed by atoms with van der Waals surface area (Å²) >= 11 is 0. The van der Waals surface area contributed by atoms with Gasteiger partial charge in [-0.3, -0.25) is 0 Å². The molecule has 0 aliphatic carbocycles. The fraction of sp³-hybridized carbons (Fsp3) is 1.00. The van der Waals surface area contributed by atoms with Gasteiger partial charge in [0, 0.05) is 12.6 Å². The van der Waals surface area contributed by atoms with Gasteiger partial charge in [0.15, 0.2) is 0 Å². The molecule has 0 aromatic carbocycles. The summed E-state index contributed by atoms with van der Waals surface area (Å²) in [5, 5.41) is 0. The van der Waals surface area contributed by atoms with E-state index in [4.69, 9.17) is 5.73 Å². The second-order valence-corrected chi connectivity index (χ2v) is 2.63. The zero-order valence-electron chi connectivity index (χ0n) is 5.43. The highest BCUT2D eigenvalue weighted by atomic mass is 15.2. The number of hydrogen-bond acceptors (Lipinski definition) is 2. The molecule has 0 saturated carbocycles. The van der Waals surface area contributed by atoms with Gasteiger partial charge in [-0.1, -0.05) is 0 Å². The summed E-state index contributed by atoms with van der Waals surface area (Å²) < 4.78 is 0. The van der Waals surface area contributed by atoms with Crippen LogP contribution in [0.2, 0.25) is 0 Å². The Balaban J connectivity index is 2.01. The lowest BCUT2D eigenvalue weighted by Gasteiger charge is -2.31. The molecule has 1 aliphatic rings. The normalized spacial score (nSPS) is 24.8. The van der Waals surface area contributed by atoms with Crippen LogP contribution in [0.3, 0.4) is 0 Å². The Hall–Kier alpha value is -0.0800. The van der Waals surface area contributed by atoms with Crippen LogP contribution < -0.4 is 5.73 Å². The first-order valence-corrected chi connectivity index (χ1v) is 3.27. The first-order chi connectivity index (χ1) is 3.79. The molecule has 1 fully saturated rings. The van der Waals surface area contributed by atoms with E-state index in [-0.39, 0.29) is 0 Å². The van der Waals surface area contributed by atoms with Crippen LogP contribution in [0.4, 0.5) is 0 Å². The molecule has 1 rings (SSSR count). The minimum absolute atomic E-state index is 0.357. The minimum atomic E-state index is 0.357. The average molecular weight is 114 g/mol. The van der Waals surface area contributed by atoms with Gasteiger partial charge in [0.05, 0.1) is 0 Å². The summed E-state index contributed by atoms with van der Waals surface area (Å²) in [5.74, 6) is 0. The number of hydrogen-bond donors (Lipinski definition) is 1. The SMILES string of the molecule is CC(N)CN1CCC1. The molecule has 1 saturated heterocycles. The lowest BCUT2D eigenvalue weighted by molar-refractivity contribution is 0.173. The Morgan fingerprint density at radius 2 is 2.25 bits per heavy atom. The summed E-state index contributed by atoms with van der Waals surface area (Å²) in [4.78, 5) is 2.38. The van der Waals surface area contributed by atoms with E-state index in [1.165, 1.54) is 19.5 Å². The number of rotatable bonds is 2. The largest absolute Gasteiger partial charge is 0.327 e. The van der Waals surface area contributed by atoms with Crippen molar-refractivity contribution in [1.29, 1.82) is 0 Å². The third kappa shape index (κ3) is 1.46. The zero-order chi connectivity index (χ0) is 5.98. The third-order valence-corrected chi connectivity index (χ3v) is 1.49. The summed E-state index contributed by atoms with van der Waals surface area (Å²) in [6, 6.07) is 0.357. The van der Waals surface area contributed by atoms with Crippen LogP contribution in [-0.4, -0.2) is 30.6 Å². The molecule has 8 heavy (non-hydrogen) atoms. The number of nitrogens with two attached hydrogens (primary N) is 1. The van der Waals surface area contributed by atoms with Gasteiger partial charge in [-0.15, -0.1) is 0 Å². The molecule has 48 valence electrons. The Morgan fingerprint density at radius 1 is 1.62 bits per heavy atom. The Kier molecular flexibility index (Phi) is 1.86. The Labute approximate surface area is 50.7 Å². The van der Waals surface area contributed by atoms with Crippen molar-refractivity contribution in [1.82, 2.24) is 4.90 Å². The van der Waals surface area contributed by atoms with Crippen molar-refractivity contribution in [2.24, 2.45) is 5.73 Å². The van der Waals surface area contributed by atoms with Crippen LogP contribution >= 0.6 is 0 Å². The maximum atomic E-state index is 5.56. The molecular formula is C6H14N2. The van der Waals surface area contributed by atoms with Crippen molar-refractivity contribution in [2.45, 2.75) is 19.4 Å². The van der Waals surface area contributed by atoms with Gasteiger partial charge in [0.1, 0.15) is 0 Å². The molecule has 1 aliphatic heterocycles. The summed E-state index contributed by atoms with van der Waals surface area (Å²) in [6.45, 7) is 5.67. The smallest absolute Gasteiger partial charge is 0.0139 e. The van der Waals surface area contributed by atoms with Crippen LogP contribution in [-0.2, 0) is 0 Å². The van der Waals surface area contributed by atoms with Crippen molar-refractivity contribution in [3.05, 3.63) is 0 Å². The topological polar surface area (TPSA) is 29.3 Å². The predicted octanol–water partition coefficient (Wildman–Crippen LogP) is 0.0393. The minimum Gasteiger partial charge on any atom is -0.327 e. The van der Waals surface area contributed by atoms with Gasteiger partial charge in [-0.05, 0) is 26.4 Å². The molecule has 0 aromatic rings. The highest BCUT2D eigenvalue weighted by Crippen LogP contribution is 2.04. The Bertz CT molecular complexity index is 66.9. The van der Waals surface area contributed by atoms with Gasteiger partial charge in [0.2, 0.25) is 0 Å². The maximum absolute atomic E-state index is 5.56. The summed E-state index contributed by atoms with van der Waals surface area (Å²) in [7, 11) is 0. The maximum Gasteiger partial charge on any atom is 0.0139 e. The van der Waals surface area contributed by atoms with Gasteiger partial charge in [0.25, 0.3) is 0 Å². The highest BCUT2D eigenvalue weighted by molar-refractivity contribution is 4.71. The van der Waals surface area contributed by atoms with Crippen molar-refractivity contribution >= 4 is 0 Å². The molecule has 2 heteroatoms. The molecular weight excluding hydrogens is 100 g/mol. The number of likely N-dealkylation sites (tertiary alicyclic amines) is 1. The first kappa shape index (κ1) is 6.05. The molecule has 0 spiro atoms. The fourth-order valence-corrected chi connectivity index (χ4v) is 0.972. The lowest BCUT2D eigenvalue weighted by Crippen LogP contribution is -2.43. The van der Waals surface area contributed by atoms with Crippen molar-refractivity contribution in [3.8, 4) is 0 Å². The van der Waals surface area contributed by atoms with E-state index in [9.17, 15) is 0 Å². The standard InChI is InChI=1S/C6H14N2/c1-6(7)5-8-3-2-4-8/h6H,2-5,7H2,1H3. The first-order valence-electron chi connectivity index (χ1n) is 3.27. The molecule has 0 radical (unpaired) electrons. The van der Waals surface area contributed by atoms with Crippen molar-refractivity contribution in [2.75, 3.05) is 19.6 Å². The van der Waals surface area contributed by atoms with E-state index in [1.807, 2.05) is 0 Å². The monoisotopic (exact) mass is 114 g/mol. The zero-order valence-corrected chi connectivity index (χ0v) is 5.43. The van der Waals surface area contributed by atoms with E-state index in [0.29, 0.717) is 6.04 Å². The van der Waals surface area contributed by atoms with Gasteiger partial charge in [-0.2, -0.15) is 0 Å². The molecule has 2 N–H and O–H groups in total. The van der Waals surface area contributed by atoms with Gasteiger partial charge in [-0.25, -0.2) is 0 Å². The van der Waals surface area contributed by atoms with Crippen LogP contribution in [0.15, 0.2) is 0 Å². The van der Waals surface area contributed by atoms with Gasteiger partial charge >= 0.3 is 0 Å². The van der Waals surface area contributed by atoms with Crippen LogP contribution in [0.1, 0.15) is 13.3 Å². The molecule has 1 unspecified atom stereocenters. The second-order valence-electron chi connectivity index (χ2n) is 2.63. The van der Waals surface area contributed by atoms with Gasteiger partial charge < -0.3 is 10.6 Å². The van der Waals surface area contributed by atoms with E-state index in [0.717, 1.165) is 6.54 Å². The molecule has 0 amide bonds. The van der Waals surface area contributed by atoms with E-state index in [2.05, 4.69) is 11.8 Å². The highest BCUT2D eigenvalue weighted by Gasteiger charge is 2.13. The quantitative estimate of drug-likeness (QED) is 0.549. The second kappa shape index (κ2) is 2.46.